The smallest absolute Gasteiger partial charge is 0.116 e. The van der Waals surface area contributed by atoms with Gasteiger partial charge in [-0.3, -0.25) is 4.90 Å². The predicted molar refractivity (Wildman–Crippen MR) is 100 cm³/mol. The van der Waals surface area contributed by atoms with Gasteiger partial charge in [-0.2, -0.15) is 0 Å². The van der Waals surface area contributed by atoms with Crippen molar-refractivity contribution in [2.45, 2.75) is 57.6 Å². The van der Waals surface area contributed by atoms with Gasteiger partial charge in [-0.05, 0) is 64.3 Å². The van der Waals surface area contributed by atoms with Gasteiger partial charge in [-0.25, -0.2) is 4.98 Å². The molecule has 0 spiro atoms. The minimum Gasteiger partial charge on any atom is -0.376 e. The monoisotopic (exact) mass is 339 g/mol. The van der Waals surface area contributed by atoms with Crippen LogP contribution in [0.2, 0.25) is 0 Å². The molecule has 1 aromatic carbocycles. The minimum absolute atomic E-state index is 0.0607. The molecule has 4 nitrogen and oxygen atoms in total. The number of para-hydroxylation sites is 1. The summed E-state index contributed by atoms with van der Waals surface area (Å²) >= 11 is 0. The minimum atomic E-state index is -0.0607. The topological polar surface area (TPSA) is 30.3 Å². The van der Waals surface area contributed by atoms with Gasteiger partial charge in [0.2, 0.25) is 0 Å². The molecule has 1 atom stereocenters. The van der Waals surface area contributed by atoms with Crippen molar-refractivity contribution < 1.29 is 4.74 Å². The second-order valence-electron chi connectivity index (χ2n) is 8.07. The van der Waals surface area contributed by atoms with Gasteiger partial charge in [0.15, 0.2) is 0 Å². The highest BCUT2D eigenvalue weighted by Crippen LogP contribution is 2.36. The Morgan fingerprint density at radius 1 is 1.20 bits per heavy atom. The molecule has 1 unspecified atom stereocenters. The standard InChI is InChI=1S/C21H29N3O/c1-21(2)15-17(9-14-25-21)20-22-10-13-24(20)19-8-4-3-7-18(19)16-23-11-5-6-12-23/h3-4,7-8,10,13,17H,5-6,9,11-12,14-16H2,1-2H3. The lowest BCUT2D eigenvalue weighted by Gasteiger charge is -2.35. The number of imidazole rings is 1. The van der Waals surface area contributed by atoms with Gasteiger partial charge in [0.25, 0.3) is 0 Å². The van der Waals surface area contributed by atoms with Gasteiger partial charge in [0.05, 0.1) is 11.3 Å². The fourth-order valence-electron chi connectivity index (χ4n) is 4.33. The molecule has 0 bridgehead atoms. The summed E-state index contributed by atoms with van der Waals surface area (Å²) < 4.78 is 8.22. The molecule has 2 aliphatic rings. The van der Waals surface area contributed by atoms with E-state index in [0.29, 0.717) is 5.92 Å². The molecule has 0 saturated carbocycles. The Morgan fingerprint density at radius 3 is 2.80 bits per heavy atom. The number of rotatable bonds is 4. The molecular weight excluding hydrogens is 310 g/mol. The molecule has 25 heavy (non-hydrogen) atoms. The molecule has 1 aromatic heterocycles. The first-order valence-electron chi connectivity index (χ1n) is 9.60. The third-order valence-corrected chi connectivity index (χ3v) is 5.58. The molecule has 3 heterocycles. The lowest BCUT2D eigenvalue weighted by molar-refractivity contribution is -0.0604. The highest BCUT2D eigenvalue weighted by Gasteiger charge is 2.32. The van der Waals surface area contributed by atoms with E-state index in [0.717, 1.165) is 26.0 Å². The Hall–Kier alpha value is -1.65. The molecule has 2 aromatic rings. The van der Waals surface area contributed by atoms with Crippen molar-refractivity contribution in [1.29, 1.82) is 0 Å². The molecule has 2 aliphatic heterocycles. The highest BCUT2D eigenvalue weighted by molar-refractivity contribution is 5.42. The molecule has 4 rings (SSSR count). The van der Waals surface area contributed by atoms with Crippen LogP contribution in [0, 0.1) is 0 Å². The average Bonchev–Trinajstić information content (AvgIpc) is 3.26. The highest BCUT2D eigenvalue weighted by atomic mass is 16.5. The van der Waals surface area contributed by atoms with Crippen molar-refractivity contribution >= 4 is 0 Å². The number of benzene rings is 1. The van der Waals surface area contributed by atoms with Crippen LogP contribution in [0.4, 0.5) is 0 Å². The van der Waals surface area contributed by atoms with Gasteiger partial charge < -0.3 is 9.30 Å². The molecule has 4 heteroatoms. The Morgan fingerprint density at radius 2 is 2.00 bits per heavy atom. The van der Waals surface area contributed by atoms with Crippen molar-refractivity contribution in [1.82, 2.24) is 14.5 Å². The Balaban J connectivity index is 1.64. The van der Waals surface area contributed by atoms with Crippen LogP contribution in [-0.4, -0.2) is 39.7 Å². The van der Waals surface area contributed by atoms with E-state index in [2.05, 4.69) is 53.8 Å². The van der Waals surface area contributed by atoms with E-state index < -0.39 is 0 Å². The second-order valence-corrected chi connectivity index (χ2v) is 8.07. The van der Waals surface area contributed by atoms with Crippen LogP contribution in [0.1, 0.15) is 56.8 Å². The van der Waals surface area contributed by atoms with Crippen LogP contribution in [0.3, 0.4) is 0 Å². The summed E-state index contributed by atoms with van der Waals surface area (Å²) in [6.07, 6.45) is 8.81. The average molecular weight is 339 g/mol. The fraction of sp³-hybridized carbons (Fsp3) is 0.571. The number of aromatic nitrogens is 2. The van der Waals surface area contributed by atoms with Crippen LogP contribution in [0.5, 0.6) is 0 Å². The van der Waals surface area contributed by atoms with Crippen molar-refractivity contribution in [2.24, 2.45) is 0 Å². The van der Waals surface area contributed by atoms with Crippen molar-refractivity contribution in [3.63, 3.8) is 0 Å². The zero-order chi connectivity index (χ0) is 17.3. The van der Waals surface area contributed by atoms with E-state index >= 15 is 0 Å². The fourth-order valence-corrected chi connectivity index (χ4v) is 4.33. The molecular formula is C21H29N3O. The maximum absolute atomic E-state index is 5.91. The largest absolute Gasteiger partial charge is 0.376 e. The van der Waals surface area contributed by atoms with Crippen LogP contribution in [0.15, 0.2) is 36.7 Å². The number of likely N-dealkylation sites (tertiary alicyclic amines) is 1. The van der Waals surface area contributed by atoms with Crippen LogP contribution in [0.25, 0.3) is 5.69 Å². The summed E-state index contributed by atoms with van der Waals surface area (Å²) in [5.74, 6) is 1.64. The normalized spacial score (nSPS) is 23.8. The lowest BCUT2D eigenvalue weighted by Crippen LogP contribution is -2.34. The zero-order valence-corrected chi connectivity index (χ0v) is 15.4. The molecule has 134 valence electrons. The second kappa shape index (κ2) is 6.93. The summed E-state index contributed by atoms with van der Waals surface area (Å²) in [6, 6.07) is 8.80. The van der Waals surface area contributed by atoms with E-state index in [4.69, 9.17) is 9.72 Å². The molecule has 2 fully saturated rings. The van der Waals surface area contributed by atoms with Gasteiger partial charge in [0, 0.05) is 31.5 Å². The molecule has 0 amide bonds. The molecule has 0 N–H and O–H groups in total. The van der Waals surface area contributed by atoms with E-state index in [9.17, 15) is 0 Å². The summed E-state index contributed by atoms with van der Waals surface area (Å²) in [4.78, 5) is 7.31. The zero-order valence-electron chi connectivity index (χ0n) is 15.4. The number of nitrogens with zero attached hydrogens (tertiary/aromatic N) is 3. The summed E-state index contributed by atoms with van der Waals surface area (Å²) in [5.41, 5.74) is 2.62. The Labute approximate surface area is 150 Å². The quantitative estimate of drug-likeness (QED) is 0.838. The molecule has 0 aliphatic carbocycles. The molecule has 2 saturated heterocycles. The maximum atomic E-state index is 5.91. The van der Waals surface area contributed by atoms with Crippen LogP contribution in [-0.2, 0) is 11.3 Å². The van der Waals surface area contributed by atoms with Crippen molar-refractivity contribution in [2.75, 3.05) is 19.7 Å². The Bertz CT molecular complexity index is 715. The summed E-state index contributed by atoms with van der Waals surface area (Å²) in [6.45, 7) is 8.67. The van der Waals surface area contributed by atoms with Crippen molar-refractivity contribution in [3.05, 3.63) is 48.0 Å². The van der Waals surface area contributed by atoms with Crippen LogP contribution >= 0.6 is 0 Å². The number of hydrogen-bond acceptors (Lipinski definition) is 3. The van der Waals surface area contributed by atoms with E-state index in [1.54, 1.807) is 0 Å². The van der Waals surface area contributed by atoms with E-state index in [-0.39, 0.29) is 5.60 Å². The SMILES string of the molecule is CC1(C)CC(c2nccn2-c2ccccc2CN2CCCC2)CCO1. The summed E-state index contributed by atoms with van der Waals surface area (Å²) in [5, 5.41) is 0. The first-order chi connectivity index (χ1) is 12.1. The Kier molecular flexibility index (Phi) is 4.65. The maximum Gasteiger partial charge on any atom is 0.116 e. The van der Waals surface area contributed by atoms with Gasteiger partial charge in [-0.1, -0.05) is 18.2 Å². The number of hydrogen-bond donors (Lipinski definition) is 0. The lowest BCUT2D eigenvalue weighted by atomic mass is 9.87. The van der Waals surface area contributed by atoms with Gasteiger partial charge >= 0.3 is 0 Å². The van der Waals surface area contributed by atoms with Gasteiger partial charge in [0.1, 0.15) is 5.82 Å². The third-order valence-electron chi connectivity index (χ3n) is 5.58. The van der Waals surface area contributed by atoms with Crippen molar-refractivity contribution in [3.8, 4) is 5.69 Å². The van der Waals surface area contributed by atoms with Gasteiger partial charge in [-0.15, -0.1) is 0 Å². The predicted octanol–water partition coefficient (Wildman–Crippen LogP) is 4.14. The first kappa shape index (κ1) is 16.8. The van der Waals surface area contributed by atoms with E-state index in [1.165, 1.54) is 43.0 Å². The summed E-state index contributed by atoms with van der Waals surface area (Å²) in [7, 11) is 0. The number of ether oxygens (including phenoxy) is 1. The third kappa shape index (κ3) is 3.65. The van der Waals surface area contributed by atoms with Crippen LogP contribution < -0.4 is 0 Å². The molecule has 0 radical (unpaired) electrons. The van der Waals surface area contributed by atoms with E-state index in [1.807, 2.05) is 6.20 Å². The first-order valence-corrected chi connectivity index (χ1v) is 9.60.